The molecule has 0 radical (unpaired) electrons. The van der Waals surface area contributed by atoms with E-state index < -0.39 is 0 Å². The number of amides is 1. The number of likely N-dealkylation sites (tertiary alicyclic amines) is 2. The molecule has 168 valence electrons. The van der Waals surface area contributed by atoms with Gasteiger partial charge in [-0.3, -0.25) is 9.69 Å². The van der Waals surface area contributed by atoms with Crippen molar-refractivity contribution in [3.8, 4) is 0 Å². The standard InChI is InChI=1S/C24H40N4O2/c1-25-11-5-6-23(25)24(29)27-14-7-21(8-15-27)20-28(22-9-18-30-19-10-22)17-16-26-12-3-2-4-13-26/h5-6,11,21-22H,2-4,7-10,12-20H2,1H3. The smallest absolute Gasteiger partial charge is 0.270 e. The van der Waals surface area contributed by atoms with Crippen LogP contribution in [0.5, 0.6) is 0 Å². The maximum Gasteiger partial charge on any atom is 0.270 e. The van der Waals surface area contributed by atoms with E-state index in [9.17, 15) is 4.79 Å². The van der Waals surface area contributed by atoms with E-state index >= 15 is 0 Å². The molecular formula is C24H40N4O2. The lowest BCUT2D eigenvalue weighted by Gasteiger charge is -2.40. The predicted molar refractivity (Wildman–Crippen MR) is 120 cm³/mol. The molecule has 4 rings (SSSR count). The van der Waals surface area contributed by atoms with Crippen LogP contribution < -0.4 is 0 Å². The molecule has 3 fully saturated rings. The molecule has 6 nitrogen and oxygen atoms in total. The third-order valence-corrected chi connectivity index (χ3v) is 7.42. The molecule has 3 aliphatic heterocycles. The Labute approximate surface area is 182 Å². The Kier molecular flexibility index (Phi) is 7.85. The summed E-state index contributed by atoms with van der Waals surface area (Å²) in [6.45, 7) is 9.75. The van der Waals surface area contributed by atoms with E-state index in [1.807, 2.05) is 29.9 Å². The number of carbonyl (C=O) groups is 1. The number of carbonyl (C=O) groups excluding carboxylic acids is 1. The van der Waals surface area contributed by atoms with Crippen LogP contribution in [0.2, 0.25) is 0 Å². The summed E-state index contributed by atoms with van der Waals surface area (Å²) >= 11 is 0. The molecule has 30 heavy (non-hydrogen) atoms. The van der Waals surface area contributed by atoms with Crippen LogP contribution in [0.25, 0.3) is 0 Å². The summed E-state index contributed by atoms with van der Waals surface area (Å²) in [5, 5.41) is 0. The fourth-order valence-corrected chi connectivity index (χ4v) is 5.42. The third kappa shape index (κ3) is 5.65. The summed E-state index contributed by atoms with van der Waals surface area (Å²) < 4.78 is 7.57. The first-order chi connectivity index (χ1) is 14.7. The molecule has 6 heteroatoms. The van der Waals surface area contributed by atoms with Gasteiger partial charge in [0.2, 0.25) is 0 Å². The van der Waals surface area contributed by atoms with Crippen LogP contribution in [0.1, 0.15) is 55.4 Å². The van der Waals surface area contributed by atoms with Crippen LogP contribution in [0.3, 0.4) is 0 Å². The second kappa shape index (κ2) is 10.8. The van der Waals surface area contributed by atoms with Crippen molar-refractivity contribution in [3.63, 3.8) is 0 Å². The Morgan fingerprint density at radius 1 is 1.07 bits per heavy atom. The molecule has 0 aliphatic carbocycles. The Bertz CT molecular complexity index is 656. The third-order valence-electron chi connectivity index (χ3n) is 7.42. The van der Waals surface area contributed by atoms with Gasteiger partial charge in [0.05, 0.1) is 0 Å². The van der Waals surface area contributed by atoms with Crippen LogP contribution in [-0.2, 0) is 11.8 Å². The summed E-state index contributed by atoms with van der Waals surface area (Å²) in [4.78, 5) is 20.3. The first-order valence-electron chi connectivity index (χ1n) is 12.2. The molecule has 0 N–H and O–H groups in total. The highest BCUT2D eigenvalue weighted by Crippen LogP contribution is 2.24. The maximum atomic E-state index is 12.8. The summed E-state index contributed by atoms with van der Waals surface area (Å²) in [5.41, 5.74) is 0.804. The lowest BCUT2D eigenvalue weighted by molar-refractivity contribution is 0.0184. The number of aryl methyl sites for hydroxylation is 1. The van der Waals surface area contributed by atoms with Crippen LogP contribution in [0.4, 0.5) is 0 Å². The first kappa shape index (κ1) is 21.8. The second-order valence-electron chi connectivity index (χ2n) is 9.48. The molecule has 0 unspecified atom stereocenters. The van der Waals surface area contributed by atoms with Gasteiger partial charge in [-0.05, 0) is 69.7 Å². The zero-order chi connectivity index (χ0) is 20.8. The zero-order valence-electron chi connectivity index (χ0n) is 18.8. The topological polar surface area (TPSA) is 41.0 Å². The van der Waals surface area contributed by atoms with Crippen molar-refractivity contribution in [1.82, 2.24) is 19.3 Å². The number of rotatable bonds is 7. The van der Waals surface area contributed by atoms with Gasteiger partial charge in [0.15, 0.2) is 0 Å². The van der Waals surface area contributed by atoms with Gasteiger partial charge in [-0.2, -0.15) is 0 Å². The average molecular weight is 417 g/mol. The lowest BCUT2D eigenvalue weighted by Crippen LogP contribution is -2.48. The van der Waals surface area contributed by atoms with Crippen LogP contribution >= 0.6 is 0 Å². The first-order valence-corrected chi connectivity index (χ1v) is 12.2. The van der Waals surface area contributed by atoms with Crippen molar-refractivity contribution >= 4 is 5.91 Å². The van der Waals surface area contributed by atoms with Gasteiger partial charge in [-0.1, -0.05) is 6.42 Å². The zero-order valence-corrected chi connectivity index (χ0v) is 18.8. The summed E-state index contributed by atoms with van der Waals surface area (Å²) in [7, 11) is 1.95. The minimum atomic E-state index is 0.187. The minimum absolute atomic E-state index is 0.187. The molecule has 4 heterocycles. The monoisotopic (exact) mass is 416 g/mol. The molecular weight excluding hydrogens is 376 g/mol. The Balaban J connectivity index is 1.29. The van der Waals surface area contributed by atoms with E-state index in [1.165, 1.54) is 64.8 Å². The minimum Gasteiger partial charge on any atom is -0.381 e. The van der Waals surface area contributed by atoms with E-state index in [-0.39, 0.29) is 5.91 Å². The number of hydrogen-bond acceptors (Lipinski definition) is 4. The van der Waals surface area contributed by atoms with E-state index in [0.29, 0.717) is 12.0 Å². The number of hydrogen-bond donors (Lipinski definition) is 0. The number of ether oxygens (including phenoxy) is 1. The summed E-state index contributed by atoms with van der Waals surface area (Å²) in [5.74, 6) is 0.888. The van der Waals surface area contributed by atoms with Gasteiger partial charge >= 0.3 is 0 Å². The Morgan fingerprint density at radius 3 is 2.47 bits per heavy atom. The fraction of sp³-hybridized carbons (Fsp3) is 0.792. The van der Waals surface area contributed by atoms with Crippen LogP contribution in [0.15, 0.2) is 18.3 Å². The van der Waals surface area contributed by atoms with Crippen molar-refractivity contribution in [2.45, 2.75) is 51.0 Å². The van der Waals surface area contributed by atoms with Crippen molar-refractivity contribution in [3.05, 3.63) is 24.0 Å². The molecule has 0 aromatic carbocycles. The molecule has 0 bridgehead atoms. The van der Waals surface area contributed by atoms with E-state index in [1.54, 1.807) is 0 Å². The Hall–Kier alpha value is -1.37. The van der Waals surface area contributed by atoms with Crippen molar-refractivity contribution < 1.29 is 9.53 Å². The van der Waals surface area contributed by atoms with Gasteiger partial charge in [-0.25, -0.2) is 0 Å². The van der Waals surface area contributed by atoms with Crippen molar-refractivity contribution in [1.29, 1.82) is 0 Å². The maximum absolute atomic E-state index is 12.8. The largest absolute Gasteiger partial charge is 0.381 e. The van der Waals surface area contributed by atoms with Gasteiger partial charge in [0.1, 0.15) is 5.69 Å². The average Bonchev–Trinajstić information content (AvgIpc) is 3.23. The molecule has 0 saturated carbocycles. The normalized spacial score (nSPS) is 22.7. The van der Waals surface area contributed by atoms with Crippen LogP contribution in [-0.4, -0.2) is 90.2 Å². The lowest BCUT2D eigenvalue weighted by atomic mass is 9.94. The van der Waals surface area contributed by atoms with Gasteiger partial charge in [-0.15, -0.1) is 0 Å². The van der Waals surface area contributed by atoms with Gasteiger partial charge in [0.25, 0.3) is 5.91 Å². The highest BCUT2D eigenvalue weighted by atomic mass is 16.5. The van der Waals surface area contributed by atoms with Gasteiger partial charge < -0.3 is 19.1 Å². The fourth-order valence-electron chi connectivity index (χ4n) is 5.42. The van der Waals surface area contributed by atoms with Gasteiger partial charge in [0, 0.05) is 65.2 Å². The SMILES string of the molecule is Cn1cccc1C(=O)N1CCC(CN(CCN2CCCCC2)C2CCOCC2)CC1. The number of piperidine rings is 2. The van der Waals surface area contributed by atoms with Crippen molar-refractivity contribution in [2.24, 2.45) is 13.0 Å². The van der Waals surface area contributed by atoms with E-state index in [0.717, 1.165) is 44.8 Å². The number of nitrogens with zero attached hydrogens (tertiary/aromatic N) is 4. The molecule has 3 saturated heterocycles. The molecule has 1 aromatic heterocycles. The molecule has 3 aliphatic rings. The molecule has 1 amide bonds. The van der Waals surface area contributed by atoms with Crippen LogP contribution in [0, 0.1) is 5.92 Å². The molecule has 0 spiro atoms. The highest BCUT2D eigenvalue weighted by molar-refractivity contribution is 5.92. The predicted octanol–water partition coefficient (Wildman–Crippen LogP) is 2.84. The number of aromatic nitrogens is 1. The van der Waals surface area contributed by atoms with Crippen molar-refractivity contribution in [2.75, 3.05) is 59.0 Å². The molecule has 0 atom stereocenters. The Morgan fingerprint density at radius 2 is 1.80 bits per heavy atom. The quantitative estimate of drug-likeness (QED) is 0.685. The summed E-state index contributed by atoms with van der Waals surface area (Å²) in [6, 6.07) is 4.56. The summed E-state index contributed by atoms with van der Waals surface area (Å²) in [6.07, 6.45) is 10.7. The van der Waals surface area contributed by atoms with E-state index in [2.05, 4.69) is 14.7 Å². The second-order valence-corrected chi connectivity index (χ2v) is 9.48. The highest BCUT2D eigenvalue weighted by Gasteiger charge is 2.29. The van der Waals surface area contributed by atoms with E-state index in [4.69, 9.17) is 4.74 Å². The molecule has 1 aromatic rings.